The van der Waals surface area contributed by atoms with E-state index >= 15 is 0 Å². The Balaban J connectivity index is 2.86. The van der Waals surface area contributed by atoms with E-state index in [2.05, 4.69) is 10.3 Å². The first-order valence-corrected chi connectivity index (χ1v) is 5.33. The van der Waals surface area contributed by atoms with E-state index in [1.807, 2.05) is 13.0 Å². The second-order valence-electron chi connectivity index (χ2n) is 3.38. The van der Waals surface area contributed by atoms with Crippen LogP contribution in [0.2, 0.25) is 0 Å². The molecule has 0 aromatic heterocycles. The molecular formula is C13H14FNO3. The summed E-state index contributed by atoms with van der Waals surface area (Å²) < 4.78 is 11.7. The standard InChI is InChI=1S/C13H14FNO3/c1-2-10(7-8-15-9-16)11-3-5-12(6-4-11)13(17)18-14/h2-8,15-16H,9H2,1H3/b8-7-,10-2+. The zero-order chi connectivity index (χ0) is 13.4. The molecule has 0 fully saturated rings. The number of nitrogens with one attached hydrogen (secondary N) is 1. The molecule has 18 heavy (non-hydrogen) atoms. The normalized spacial score (nSPS) is 11.6. The third-order valence-corrected chi connectivity index (χ3v) is 2.31. The molecule has 0 bridgehead atoms. The van der Waals surface area contributed by atoms with Crippen molar-refractivity contribution < 1.29 is 19.4 Å². The first-order valence-electron chi connectivity index (χ1n) is 5.33. The molecule has 0 spiro atoms. The molecule has 0 unspecified atom stereocenters. The summed E-state index contributed by atoms with van der Waals surface area (Å²) in [5.41, 5.74) is 1.91. The van der Waals surface area contributed by atoms with E-state index in [0.717, 1.165) is 11.1 Å². The van der Waals surface area contributed by atoms with Crippen LogP contribution in [0.15, 0.2) is 42.6 Å². The van der Waals surface area contributed by atoms with Crippen molar-refractivity contribution >= 4 is 11.5 Å². The maximum atomic E-state index is 11.7. The van der Waals surface area contributed by atoms with Crippen LogP contribution in [0.3, 0.4) is 0 Å². The summed E-state index contributed by atoms with van der Waals surface area (Å²) in [5.74, 6) is -1.01. The highest BCUT2D eigenvalue weighted by molar-refractivity contribution is 5.89. The van der Waals surface area contributed by atoms with Crippen LogP contribution in [-0.4, -0.2) is 17.8 Å². The molecule has 0 atom stereocenters. The SMILES string of the molecule is C/C=C(\C=C/NCO)c1ccc(C(=O)OF)cc1. The van der Waals surface area contributed by atoms with Crippen LogP contribution in [0.5, 0.6) is 0 Å². The number of carbonyl (C=O) groups excluding carboxylic acids is 1. The highest BCUT2D eigenvalue weighted by Gasteiger charge is 2.07. The van der Waals surface area contributed by atoms with Gasteiger partial charge in [0.15, 0.2) is 0 Å². The number of hydrogen-bond acceptors (Lipinski definition) is 4. The van der Waals surface area contributed by atoms with Gasteiger partial charge in [0.05, 0.1) is 5.56 Å². The molecule has 1 aromatic carbocycles. The molecule has 4 nitrogen and oxygen atoms in total. The molecule has 0 saturated heterocycles. The highest BCUT2D eigenvalue weighted by Crippen LogP contribution is 2.16. The lowest BCUT2D eigenvalue weighted by Crippen LogP contribution is -2.04. The molecular weight excluding hydrogens is 237 g/mol. The Kier molecular flexibility index (Phi) is 5.60. The van der Waals surface area contributed by atoms with E-state index in [-0.39, 0.29) is 12.3 Å². The van der Waals surface area contributed by atoms with Gasteiger partial charge in [-0.3, -0.25) is 0 Å². The quantitative estimate of drug-likeness (QED) is 0.622. The van der Waals surface area contributed by atoms with Gasteiger partial charge in [-0.25, -0.2) is 9.74 Å². The molecule has 0 amide bonds. The van der Waals surface area contributed by atoms with Gasteiger partial charge < -0.3 is 10.4 Å². The first kappa shape index (κ1) is 13.9. The van der Waals surface area contributed by atoms with Gasteiger partial charge in [-0.15, -0.1) is 0 Å². The average molecular weight is 251 g/mol. The van der Waals surface area contributed by atoms with Gasteiger partial charge in [0.25, 0.3) is 0 Å². The van der Waals surface area contributed by atoms with E-state index in [0.29, 0.717) is 0 Å². The number of hydrogen-bond donors (Lipinski definition) is 2. The third kappa shape index (κ3) is 3.71. The first-order chi connectivity index (χ1) is 8.72. The topological polar surface area (TPSA) is 58.6 Å². The number of aliphatic hydroxyl groups is 1. The minimum Gasteiger partial charge on any atom is -0.377 e. The third-order valence-electron chi connectivity index (χ3n) is 2.31. The molecule has 0 radical (unpaired) electrons. The number of allylic oxidation sites excluding steroid dienone is 3. The lowest BCUT2D eigenvalue weighted by atomic mass is 10.0. The minimum atomic E-state index is -1.01. The van der Waals surface area contributed by atoms with Crippen LogP contribution >= 0.6 is 0 Å². The fraction of sp³-hybridized carbons (Fsp3) is 0.154. The lowest BCUT2D eigenvalue weighted by molar-refractivity contribution is -0.0788. The van der Waals surface area contributed by atoms with Gasteiger partial charge in [-0.2, -0.15) is 0 Å². The second-order valence-corrected chi connectivity index (χ2v) is 3.38. The van der Waals surface area contributed by atoms with Crippen molar-refractivity contribution in [1.82, 2.24) is 5.32 Å². The van der Waals surface area contributed by atoms with E-state index < -0.39 is 5.97 Å². The number of benzene rings is 1. The van der Waals surface area contributed by atoms with Crippen LogP contribution in [-0.2, 0) is 4.94 Å². The largest absolute Gasteiger partial charge is 0.379 e. The van der Waals surface area contributed by atoms with Gasteiger partial charge in [0, 0.05) is 4.53 Å². The molecule has 5 heteroatoms. The Labute approximate surface area is 104 Å². The Morgan fingerprint density at radius 3 is 2.50 bits per heavy atom. The summed E-state index contributed by atoms with van der Waals surface area (Å²) in [6, 6.07) is 6.33. The summed E-state index contributed by atoms with van der Waals surface area (Å²) in [6.45, 7) is 1.72. The highest BCUT2D eigenvalue weighted by atomic mass is 19.3. The maximum absolute atomic E-state index is 11.7. The molecule has 96 valence electrons. The summed E-state index contributed by atoms with van der Waals surface area (Å²) in [7, 11) is 0. The summed E-state index contributed by atoms with van der Waals surface area (Å²) in [5, 5.41) is 11.2. The van der Waals surface area contributed by atoms with Crippen molar-refractivity contribution in [2.75, 3.05) is 6.73 Å². The Morgan fingerprint density at radius 1 is 1.39 bits per heavy atom. The maximum Gasteiger partial charge on any atom is 0.379 e. The van der Waals surface area contributed by atoms with Crippen molar-refractivity contribution in [3.63, 3.8) is 0 Å². The predicted octanol–water partition coefficient (Wildman–Crippen LogP) is 2.18. The van der Waals surface area contributed by atoms with Crippen molar-refractivity contribution in [3.8, 4) is 0 Å². The Bertz CT molecular complexity index is 452. The van der Waals surface area contributed by atoms with E-state index in [1.165, 1.54) is 12.1 Å². The summed E-state index contributed by atoms with van der Waals surface area (Å²) >= 11 is 0. The van der Waals surface area contributed by atoms with Crippen LogP contribution in [0.4, 0.5) is 4.53 Å². The molecule has 0 saturated carbocycles. The van der Waals surface area contributed by atoms with Crippen LogP contribution in [0.25, 0.3) is 5.57 Å². The fourth-order valence-electron chi connectivity index (χ4n) is 1.40. The molecule has 0 aliphatic heterocycles. The Morgan fingerprint density at radius 2 is 2.00 bits per heavy atom. The van der Waals surface area contributed by atoms with Crippen molar-refractivity contribution in [2.24, 2.45) is 0 Å². The van der Waals surface area contributed by atoms with Crippen molar-refractivity contribution in [2.45, 2.75) is 6.92 Å². The van der Waals surface area contributed by atoms with Gasteiger partial charge in [-0.05, 0) is 42.5 Å². The van der Waals surface area contributed by atoms with E-state index in [1.54, 1.807) is 24.4 Å². The van der Waals surface area contributed by atoms with E-state index in [4.69, 9.17) is 5.11 Å². The molecule has 0 aliphatic rings. The zero-order valence-electron chi connectivity index (χ0n) is 9.89. The second kappa shape index (κ2) is 7.24. The van der Waals surface area contributed by atoms with E-state index in [9.17, 15) is 9.32 Å². The number of carbonyl (C=O) groups is 1. The zero-order valence-corrected chi connectivity index (χ0v) is 9.89. The van der Waals surface area contributed by atoms with Gasteiger partial charge in [0.2, 0.25) is 0 Å². The van der Waals surface area contributed by atoms with Crippen LogP contribution in [0, 0.1) is 0 Å². The predicted molar refractivity (Wildman–Crippen MR) is 66.0 cm³/mol. The fourth-order valence-corrected chi connectivity index (χ4v) is 1.40. The Hall–Kier alpha value is -2.14. The van der Waals surface area contributed by atoms with Gasteiger partial charge in [0.1, 0.15) is 6.73 Å². The molecule has 1 aromatic rings. The summed E-state index contributed by atoms with van der Waals surface area (Å²) in [6.07, 6.45) is 5.26. The summed E-state index contributed by atoms with van der Waals surface area (Å²) in [4.78, 5) is 14.0. The van der Waals surface area contributed by atoms with Crippen LogP contribution in [0.1, 0.15) is 22.8 Å². The lowest BCUT2D eigenvalue weighted by Gasteiger charge is -2.03. The molecule has 0 aliphatic carbocycles. The van der Waals surface area contributed by atoms with Gasteiger partial charge in [-0.1, -0.05) is 18.2 Å². The van der Waals surface area contributed by atoms with Crippen molar-refractivity contribution in [1.29, 1.82) is 0 Å². The van der Waals surface area contributed by atoms with Gasteiger partial charge >= 0.3 is 5.97 Å². The smallest absolute Gasteiger partial charge is 0.377 e. The number of aliphatic hydroxyl groups excluding tert-OH is 1. The minimum absolute atomic E-state index is 0.144. The molecule has 0 heterocycles. The molecule has 2 N–H and O–H groups in total. The number of halogens is 1. The average Bonchev–Trinajstić information content (AvgIpc) is 2.43. The molecule has 1 rings (SSSR count). The van der Waals surface area contributed by atoms with Crippen LogP contribution < -0.4 is 5.32 Å². The van der Waals surface area contributed by atoms with Crippen molar-refractivity contribution in [3.05, 3.63) is 53.7 Å². The monoisotopic (exact) mass is 251 g/mol. The number of rotatable bonds is 5.